The highest BCUT2D eigenvalue weighted by Gasteiger charge is 2.50. The van der Waals surface area contributed by atoms with Crippen LogP contribution in [0.5, 0.6) is 0 Å². The summed E-state index contributed by atoms with van der Waals surface area (Å²) in [6.45, 7) is 1.95. The van der Waals surface area contributed by atoms with E-state index >= 15 is 0 Å². The van der Waals surface area contributed by atoms with Crippen molar-refractivity contribution < 1.29 is 14.3 Å². The van der Waals surface area contributed by atoms with E-state index in [0.717, 1.165) is 30.5 Å². The molecule has 0 saturated carbocycles. The minimum atomic E-state index is -0.425. The van der Waals surface area contributed by atoms with Crippen LogP contribution in [0.4, 0.5) is 5.95 Å². The van der Waals surface area contributed by atoms with E-state index in [-0.39, 0.29) is 54.9 Å². The van der Waals surface area contributed by atoms with Crippen molar-refractivity contribution in [1.82, 2.24) is 14.9 Å². The number of hydrogen-bond donors (Lipinski definition) is 1. The molecule has 10 heteroatoms. The molecule has 1 aromatic heterocycles. The normalized spacial score (nSPS) is 30.4. The predicted octanol–water partition coefficient (Wildman–Crippen LogP) is 1.06. The van der Waals surface area contributed by atoms with Gasteiger partial charge in [0.25, 0.3) is 0 Å². The molecule has 2 bridgehead atoms. The summed E-state index contributed by atoms with van der Waals surface area (Å²) in [7, 11) is 3.88. The van der Waals surface area contributed by atoms with Gasteiger partial charge < -0.3 is 25.0 Å². The summed E-state index contributed by atoms with van der Waals surface area (Å²) in [4.78, 5) is 26.2. The van der Waals surface area contributed by atoms with Crippen molar-refractivity contribution in [3.63, 3.8) is 0 Å². The number of nitrogens with zero attached hydrogens (tertiary/aromatic N) is 4. The number of piperidine rings is 1. The quantitative estimate of drug-likeness (QED) is 0.663. The van der Waals surface area contributed by atoms with Crippen molar-refractivity contribution in [1.29, 1.82) is 0 Å². The van der Waals surface area contributed by atoms with Gasteiger partial charge in [0.15, 0.2) is 0 Å². The SMILES string of the molecule is CN(C)c1ncc2c(n1)C1(CCN(C(=O)[C@H]3[C@@H](N)[C@@H]4C=C[C@H]3O4)CC1)OCC2.Cl.Cl. The molecule has 4 atom stereocenters. The lowest BCUT2D eigenvalue weighted by Gasteiger charge is -2.45. The molecule has 0 aromatic carbocycles. The largest absolute Gasteiger partial charge is 0.368 e. The monoisotopic (exact) mass is 457 g/mol. The topological polar surface area (TPSA) is 93.8 Å². The lowest BCUT2D eigenvalue weighted by Crippen LogP contribution is -2.53. The average molecular weight is 458 g/mol. The number of hydrogen-bond acceptors (Lipinski definition) is 7. The molecule has 0 aliphatic carbocycles. The summed E-state index contributed by atoms with van der Waals surface area (Å²) < 4.78 is 12.1. The Hall–Kier alpha value is -1.45. The molecule has 0 unspecified atom stereocenters. The minimum Gasteiger partial charge on any atom is -0.368 e. The lowest BCUT2D eigenvalue weighted by molar-refractivity contribution is -0.146. The average Bonchev–Trinajstić information content (AvgIpc) is 3.29. The number of nitrogens with two attached hydrogens (primary N) is 1. The maximum absolute atomic E-state index is 13.1. The second-order valence-electron chi connectivity index (χ2n) is 8.41. The number of likely N-dealkylation sites (tertiary alicyclic amines) is 1. The predicted molar refractivity (Wildman–Crippen MR) is 117 cm³/mol. The van der Waals surface area contributed by atoms with Gasteiger partial charge in [-0.1, -0.05) is 12.2 Å². The fourth-order valence-electron chi connectivity index (χ4n) is 4.94. The van der Waals surface area contributed by atoms with E-state index in [2.05, 4.69) is 4.98 Å². The number of carbonyl (C=O) groups is 1. The Balaban J connectivity index is 0.00000128. The molecule has 8 nitrogen and oxygen atoms in total. The van der Waals surface area contributed by atoms with Gasteiger partial charge in [-0.3, -0.25) is 4.79 Å². The Morgan fingerprint density at radius 3 is 2.57 bits per heavy atom. The zero-order valence-corrected chi connectivity index (χ0v) is 18.8. The molecule has 1 amide bonds. The Morgan fingerprint density at radius 2 is 1.93 bits per heavy atom. The number of ether oxygens (including phenoxy) is 2. The van der Waals surface area contributed by atoms with E-state index in [9.17, 15) is 4.79 Å². The van der Waals surface area contributed by atoms with E-state index in [0.29, 0.717) is 25.6 Å². The van der Waals surface area contributed by atoms with Gasteiger partial charge in [-0.05, 0) is 24.8 Å². The Kier molecular flexibility index (Phi) is 6.65. The van der Waals surface area contributed by atoms with Crippen molar-refractivity contribution in [3.05, 3.63) is 29.6 Å². The Labute approximate surface area is 189 Å². The third kappa shape index (κ3) is 3.58. The number of fused-ring (bicyclic) bond motifs is 4. The van der Waals surface area contributed by atoms with Gasteiger partial charge in [0.05, 0.1) is 30.4 Å². The van der Waals surface area contributed by atoms with Gasteiger partial charge in [-0.2, -0.15) is 0 Å². The lowest BCUT2D eigenvalue weighted by atomic mass is 9.82. The van der Waals surface area contributed by atoms with Crippen LogP contribution in [0.2, 0.25) is 0 Å². The number of halogens is 2. The van der Waals surface area contributed by atoms with E-state index < -0.39 is 5.60 Å². The smallest absolute Gasteiger partial charge is 0.230 e. The second kappa shape index (κ2) is 8.59. The molecule has 2 saturated heterocycles. The third-order valence-corrected chi connectivity index (χ3v) is 6.55. The molecule has 4 aliphatic heterocycles. The van der Waals surface area contributed by atoms with Crippen LogP contribution in [0.25, 0.3) is 0 Å². The van der Waals surface area contributed by atoms with Crippen molar-refractivity contribution in [3.8, 4) is 0 Å². The summed E-state index contributed by atoms with van der Waals surface area (Å²) >= 11 is 0. The van der Waals surface area contributed by atoms with Crippen molar-refractivity contribution in [2.75, 3.05) is 38.7 Å². The summed E-state index contributed by atoms with van der Waals surface area (Å²) in [6.07, 6.45) is 7.89. The van der Waals surface area contributed by atoms with Gasteiger partial charge in [0.1, 0.15) is 5.60 Å². The van der Waals surface area contributed by atoms with Gasteiger partial charge in [0.2, 0.25) is 11.9 Å². The summed E-state index contributed by atoms with van der Waals surface area (Å²) in [6, 6.07) is -0.250. The molecular weight excluding hydrogens is 429 g/mol. The van der Waals surface area contributed by atoms with Crippen molar-refractivity contribution in [2.45, 2.75) is 43.1 Å². The highest BCUT2D eigenvalue weighted by atomic mass is 35.5. The maximum Gasteiger partial charge on any atom is 0.230 e. The van der Waals surface area contributed by atoms with E-state index in [1.807, 2.05) is 42.2 Å². The molecule has 30 heavy (non-hydrogen) atoms. The van der Waals surface area contributed by atoms with Gasteiger partial charge in [-0.25, -0.2) is 9.97 Å². The number of carbonyl (C=O) groups excluding carboxylic acids is 1. The van der Waals surface area contributed by atoms with Crippen LogP contribution in [0, 0.1) is 5.92 Å². The zero-order valence-electron chi connectivity index (χ0n) is 17.2. The first-order valence-corrected chi connectivity index (χ1v) is 10.0. The van der Waals surface area contributed by atoms with Crippen molar-refractivity contribution >= 4 is 36.7 Å². The van der Waals surface area contributed by atoms with Crippen LogP contribution in [-0.2, 0) is 26.3 Å². The molecular formula is C20H29Cl2N5O3. The fraction of sp³-hybridized carbons (Fsp3) is 0.650. The number of rotatable bonds is 2. The molecule has 5 heterocycles. The summed E-state index contributed by atoms with van der Waals surface area (Å²) in [5.41, 5.74) is 7.97. The summed E-state index contributed by atoms with van der Waals surface area (Å²) in [5.74, 6) is 0.525. The molecule has 2 fully saturated rings. The molecule has 1 aromatic rings. The fourth-order valence-corrected chi connectivity index (χ4v) is 4.94. The highest BCUT2D eigenvalue weighted by molar-refractivity contribution is 5.85. The highest BCUT2D eigenvalue weighted by Crippen LogP contribution is 2.42. The molecule has 1 spiro atoms. The zero-order chi connectivity index (χ0) is 19.5. The Morgan fingerprint density at radius 1 is 1.23 bits per heavy atom. The first-order valence-electron chi connectivity index (χ1n) is 10.0. The third-order valence-electron chi connectivity index (χ3n) is 6.55. The van der Waals surface area contributed by atoms with Crippen molar-refractivity contribution in [2.24, 2.45) is 11.7 Å². The standard InChI is InChI=1S/C20H27N5O3.2ClH/c1-24(2)19-22-11-12-5-10-27-20(17(12)23-19)6-8-25(9-7-20)18(26)15-13-3-4-14(28-13)16(15)21;;/h3-4,11,13-16H,5-10,21H2,1-2H3;2*1H/t13-,14+,15-,16+;;/m1../s1. The van der Waals surface area contributed by atoms with E-state index in [1.54, 1.807) is 0 Å². The summed E-state index contributed by atoms with van der Waals surface area (Å²) in [5, 5.41) is 0. The maximum atomic E-state index is 13.1. The first kappa shape index (κ1) is 23.2. The first-order chi connectivity index (χ1) is 13.5. The van der Waals surface area contributed by atoms with Crippen LogP contribution in [0.3, 0.4) is 0 Å². The number of amides is 1. The number of anilines is 1. The molecule has 166 valence electrons. The number of aromatic nitrogens is 2. The second-order valence-corrected chi connectivity index (χ2v) is 8.41. The van der Waals surface area contributed by atoms with Crippen LogP contribution < -0.4 is 10.6 Å². The Bertz CT molecular complexity index is 829. The van der Waals surface area contributed by atoms with Gasteiger partial charge >= 0.3 is 0 Å². The van der Waals surface area contributed by atoms with Crippen LogP contribution >= 0.6 is 24.8 Å². The molecule has 5 rings (SSSR count). The van der Waals surface area contributed by atoms with Gasteiger partial charge in [-0.15, -0.1) is 24.8 Å². The molecule has 0 radical (unpaired) electrons. The van der Waals surface area contributed by atoms with E-state index in [4.69, 9.17) is 20.2 Å². The van der Waals surface area contributed by atoms with Gasteiger partial charge in [0, 0.05) is 39.4 Å². The van der Waals surface area contributed by atoms with Crippen LogP contribution in [0.1, 0.15) is 24.1 Å². The minimum absolute atomic E-state index is 0. The van der Waals surface area contributed by atoms with Crippen LogP contribution in [0.15, 0.2) is 18.3 Å². The molecule has 2 N–H and O–H groups in total. The van der Waals surface area contributed by atoms with E-state index in [1.165, 1.54) is 0 Å². The van der Waals surface area contributed by atoms with Crippen LogP contribution in [-0.4, -0.2) is 72.8 Å². The molecule has 4 aliphatic rings.